The summed E-state index contributed by atoms with van der Waals surface area (Å²) in [7, 11) is 3.51. The average Bonchev–Trinajstić information content (AvgIpc) is 3.82. The van der Waals surface area contributed by atoms with Crippen LogP contribution in [-0.2, 0) is 35.5 Å². The number of likely N-dealkylation sites (N-methyl/N-ethyl adjacent to an activating group) is 1. The summed E-state index contributed by atoms with van der Waals surface area (Å²) in [5.74, 6) is 0.258. The number of hydrogen-bond acceptors (Lipinski definition) is 9. The van der Waals surface area contributed by atoms with Crippen molar-refractivity contribution in [1.82, 2.24) is 30.8 Å². The van der Waals surface area contributed by atoms with Gasteiger partial charge in [-0.1, -0.05) is 74.5 Å². The Morgan fingerprint density at radius 1 is 0.900 bits per heavy atom. The maximum absolute atomic E-state index is 14.1. The Kier molecular flexibility index (Phi) is 15.4. The van der Waals surface area contributed by atoms with Crippen LogP contribution >= 0.6 is 22.7 Å². The van der Waals surface area contributed by atoms with E-state index in [1.807, 2.05) is 60.8 Å². The van der Waals surface area contributed by atoms with Crippen molar-refractivity contribution >= 4 is 40.6 Å². The molecule has 50 heavy (non-hydrogen) atoms. The molecule has 0 radical (unpaired) electrons. The Morgan fingerprint density at radius 3 is 2.18 bits per heavy atom. The van der Waals surface area contributed by atoms with Crippen LogP contribution in [-0.4, -0.2) is 65.0 Å². The quantitative estimate of drug-likeness (QED) is 0.0956. The van der Waals surface area contributed by atoms with E-state index in [4.69, 9.17) is 4.74 Å². The minimum atomic E-state index is -0.727. The van der Waals surface area contributed by atoms with Crippen molar-refractivity contribution in [3.8, 4) is 0 Å². The zero-order valence-corrected chi connectivity index (χ0v) is 31.3. The molecule has 0 aliphatic heterocycles. The topological polar surface area (TPSA) is 126 Å². The van der Waals surface area contributed by atoms with E-state index in [1.165, 1.54) is 11.3 Å². The Hall–Kier alpha value is -4.13. The Balaban J connectivity index is 1.45. The van der Waals surface area contributed by atoms with Crippen molar-refractivity contribution in [2.45, 2.75) is 90.1 Å². The Labute approximate surface area is 304 Å². The van der Waals surface area contributed by atoms with Crippen LogP contribution < -0.4 is 16.0 Å². The van der Waals surface area contributed by atoms with Crippen molar-refractivity contribution in [3.63, 3.8) is 0 Å². The zero-order chi connectivity index (χ0) is 35.9. The number of carbonyl (C=O) groups is 3. The molecule has 0 bridgehead atoms. The lowest BCUT2D eigenvalue weighted by atomic mass is 9.85. The summed E-state index contributed by atoms with van der Waals surface area (Å²) >= 11 is 3.03. The predicted octanol–water partition coefficient (Wildman–Crippen LogP) is 6.98. The zero-order valence-electron chi connectivity index (χ0n) is 29.6. The molecule has 1 unspecified atom stereocenters. The van der Waals surface area contributed by atoms with Crippen LogP contribution in [0.15, 0.2) is 77.8 Å². The van der Waals surface area contributed by atoms with Gasteiger partial charge in [-0.3, -0.25) is 9.78 Å². The normalized spacial score (nSPS) is 13.6. The summed E-state index contributed by atoms with van der Waals surface area (Å²) in [6, 6.07) is 18.6. The molecule has 4 atom stereocenters. The van der Waals surface area contributed by atoms with E-state index in [9.17, 15) is 14.4 Å². The summed E-state index contributed by atoms with van der Waals surface area (Å²) in [6.45, 7) is 6.61. The van der Waals surface area contributed by atoms with Crippen molar-refractivity contribution < 1.29 is 19.1 Å². The van der Waals surface area contributed by atoms with Crippen molar-refractivity contribution in [1.29, 1.82) is 0 Å². The molecule has 0 aliphatic carbocycles. The second kappa shape index (κ2) is 19.9. The average molecular weight is 719 g/mol. The van der Waals surface area contributed by atoms with Crippen LogP contribution in [0, 0.1) is 5.92 Å². The summed E-state index contributed by atoms with van der Waals surface area (Å²) in [5.41, 5.74) is 4.77. The molecular weight excluding hydrogens is 669 g/mol. The molecular formula is C38H50N6O4S2. The van der Waals surface area contributed by atoms with E-state index in [-0.39, 0.29) is 42.8 Å². The lowest BCUT2D eigenvalue weighted by molar-refractivity contribution is -0.122. The highest BCUT2D eigenvalue weighted by Crippen LogP contribution is 2.23. The van der Waals surface area contributed by atoms with E-state index in [0.717, 1.165) is 26.7 Å². The SMILES string of the molecule is CNC(C)[C@H](NC(=O)N(C)Cc1csc(C(C)C)n1)C(=O)C[C@H](CC[C@H](Cc1ccccc1)NC(=O)OCc1cncs1)Cc1ccccc1. The number of benzene rings is 2. The molecule has 10 nitrogen and oxygen atoms in total. The van der Waals surface area contributed by atoms with Gasteiger partial charge in [0.2, 0.25) is 0 Å². The summed E-state index contributed by atoms with van der Waals surface area (Å²) in [6.07, 6.45) is 4.12. The van der Waals surface area contributed by atoms with E-state index < -0.39 is 12.1 Å². The molecule has 4 rings (SSSR count). The van der Waals surface area contributed by atoms with Gasteiger partial charge in [0.1, 0.15) is 12.6 Å². The number of thiazole rings is 2. The standard InChI is InChI=1S/C38H50N6O4S2/c1-26(2)36-41-32(24-49-36)22-44(5)37(46)43-35(27(3)39-4)34(45)20-30(18-28-12-8-6-9-13-28)16-17-31(19-29-14-10-7-11-15-29)42-38(47)48-23-33-21-40-25-50-33/h6-15,21,24-27,30-31,35,39H,16-20,22-23H2,1-5H3,(H,42,47)(H,43,46)/t27?,30-,31-,35+/m1/s1. The van der Waals surface area contributed by atoms with Gasteiger partial charge in [-0.25, -0.2) is 14.6 Å². The predicted molar refractivity (Wildman–Crippen MR) is 200 cm³/mol. The van der Waals surface area contributed by atoms with Gasteiger partial charge in [-0.05, 0) is 56.7 Å². The second-order valence-corrected chi connectivity index (χ2v) is 14.9. The Bertz CT molecular complexity index is 1600. The third kappa shape index (κ3) is 12.6. The molecule has 3 amide bonds. The second-order valence-electron chi connectivity index (χ2n) is 13.1. The maximum atomic E-state index is 14.1. The van der Waals surface area contributed by atoms with Gasteiger partial charge in [0.05, 0.1) is 27.6 Å². The highest BCUT2D eigenvalue weighted by Gasteiger charge is 2.30. The summed E-state index contributed by atoms with van der Waals surface area (Å²) in [5, 5.41) is 12.3. The van der Waals surface area contributed by atoms with Crippen LogP contribution in [0.1, 0.15) is 72.7 Å². The lowest BCUT2D eigenvalue weighted by Crippen LogP contribution is -2.55. The number of carbonyl (C=O) groups excluding carboxylic acids is 3. The van der Waals surface area contributed by atoms with Crippen molar-refractivity contribution in [3.05, 3.63) is 104 Å². The van der Waals surface area contributed by atoms with Gasteiger partial charge in [0.25, 0.3) is 0 Å². The molecule has 0 spiro atoms. The molecule has 3 N–H and O–H groups in total. The highest BCUT2D eigenvalue weighted by molar-refractivity contribution is 7.09. The monoisotopic (exact) mass is 718 g/mol. The number of Topliss-reactive ketones (excluding diaryl/α,β-unsaturated/α-hetero) is 1. The number of rotatable bonds is 19. The van der Waals surface area contributed by atoms with Crippen LogP contribution in [0.5, 0.6) is 0 Å². The fraction of sp³-hybridized carbons (Fsp3) is 0.447. The van der Waals surface area contributed by atoms with Gasteiger partial charge in [-0.2, -0.15) is 0 Å². The fourth-order valence-corrected chi connectivity index (χ4v) is 7.06. The molecule has 0 saturated carbocycles. The summed E-state index contributed by atoms with van der Waals surface area (Å²) in [4.78, 5) is 51.5. The molecule has 0 fully saturated rings. The number of urea groups is 1. The molecule has 2 aromatic heterocycles. The van der Waals surface area contributed by atoms with Crippen LogP contribution in [0.2, 0.25) is 0 Å². The van der Waals surface area contributed by atoms with Crippen LogP contribution in [0.4, 0.5) is 9.59 Å². The third-order valence-electron chi connectivity index (χ3n) is 8.65. The third-order valence-corrected chi connectivity index (χ3v) is 10.6. The van der Waals surface area contributed by atoms with Crippen LogP contribution in [0.25, 0.3) is 0 Å². The van der Waals surface area contributed by atoms with Gasteiger partial charge in [0.15, 0.2) is 5.78 Å². The van der Waals surface area contributed by atoms with Gasteiger partial charge in [-0.15, -0.1) is 22.7 Å². The largest absolute Gasteiger partial charge is 0.444 e. The minimum absolute atomic E-state index is 0.0242. The number of hydrogen-bond donors (Lipinski definition) is 3. The number of alkyl carbamates (subject to hydrolysis) is 1. The van der Waals surface area contributed by atoms with Crippen LogP contribution in [0.3, 0.4) is 0 Å². The summed E-state index contributed by atoms with van der Waals surface area (Å²) < 4.78 is 5.51. The minimum Gasteiger partial charge on any atom is -0.444 e. The molecule has 0 aliphatic rings. The van der Waals surface area contributed by atoms with E-state index in [2.05, 4.69) is 51.9 Å². The highest BCUT2D eigenvalue weighted by atomic mass is 32.1. The van der Waals surface area contributed by atoms with Crippen molar-refractivity contribution in [2.24, 2.45) is 5.92 Å². The molecule has 0 saturated heterocycles. The molecule has 12 heteroatoms. The molecule has 4 aromatic rings. The number of ether oxygens (including phenoxy) is 1. The molecule has 268 valence electrons. The van der Waals surface area contributed by atoms with Gasteiger partial charge in [0, 0.05) is 43.0 Å². The number of nitrogens with zero attached hydrogens (tertiary/aromatic N) is 3. The van der Waals surface area contributed by atoms with Crippen molar-refractivity contribution in [2.75, 3.05) is 14.1 Å². The number of aromatic nitrogens is 2. The molecule has 2 aromatic carbocycles. The fourth-order valence-electron chi connectivity index (χ4n) is 5.72. The lowest BCUT2D eigenvalue weighted by Gasteiger charge is -2.28. The van der Waals surface area contributed by atoms with E-state index in [0.29, 0.717) is 38.1 Å². The van der Waals surface area contributed by atoms with E-state index in [1.54, 1.807) is 42.0 Å². The first-order chi connectivity index (χ1) is 24.1. The first-order valence-electron chi connectivity index (χ1n) is 17.2. The van der Waals surface area contributed by atoms with Gasteiger partial charge >= 0.3 is 12.1 Å². The first-order valence-corrected chi connectivity index (χ1v) is 18.9. The maximum Gasteiger partial charge on any atom is 0.407 e. The van der Waals surface area contributed by atoms with E-state index >= 15 is 0 Å². The first kappa shape index (κ1) is 38.7. The Morgan fingerprint density at radius 2 is 1.58 bits per heavy atom. The number of amides is 3. The number of nitrogens with one attached hydrogen (secondary N) is 3. The van der Waals surface area contributed by atoms with Gasteiger partial charge < -0.3 is 25.6 Å². The number of ketones is 1. The smallest absolute Gasteiger partial charge is 0.407 e. The molecule has 2 heterocycles.